The van der Waals surface area contributed by atoms with Gasteiger partial charge in [-0.1, -0.05) is 0 Å². The summed E-state index contributed by atoms with van der Waals surface area (Å²) in [4.78, 5) is 12.5. The van der Waals surface area contributed by atoms with E-state index in [0.29, 0.717) is 17.1 Å². The minimum atomic E-state index is -0.108. The van der Waals surface area contributed by atoms with Gasteiger partial charge in [0.15, 0.2) is 11.5 Å². The highest BCUT2D eigenvalue weighted by Gasteiger charge is 2.24. The van der Waals surface area contributed by atoms with Crippen LogP contribution in [0.2, 0.25) is 0 Å². The summed E-state index contributed by atoms with van der Waals surface area (Å²) >= 11 is 0. The summed E-state index contributed by atoms with van der Waals surface area (Å²) in [5.41, 5.74) is 0.579. The van der Waals surface area contributed by atoms with Crippen molar-refractivity contribution in [2.24, 2.45) is 0 Å². The third-order valence-electron chi connectivity index (χ3n) is 4.90. The Morgan fingerprint density at radius 2 is 2.00 bits per heavy atom. The van der Waals surface area contributed by atoms with Crippen molar-refractivity contribution >= 4 is 5.91 Å². The van der Waals surface area contributed by atoms with E-state index < -0.39 is 0 Å². The van der Waals surface area contributed by atoms with E-state index in [2.05, 4.69) is 5.32 Å². The van der Waals surface area contributed by atoms with Gasteiger partial charge in [-0.15, -0.1) is 0 Å². The largest absolute Gasteiger partial charge is 0.493 e. The summed E-state index contributed by atoms with van der Waals surface area (Å²) in [5, 5.41) is 3.02. The number of nitrogens with one attached hydrogen (secondary N) is 1. The maximum atomic E-state index is 12.5. The molecule has 3 rings (SSSR count). The minimum absolute atomic E-state index is 0.000380. The second-order valence-corrected chi connectivity index (χ2v) is 6.70. The standard InChI is InChI=1S/C19H27NO4/c1-13(16-8-5-11-23-16)20-19(21)14-9-10-17(18(12-14)22-2)24-15-6-3-4-7-15/h9-10,12-13,15-16H,3-8,11H2,1-2H3,(H,20,21)/t13-,16-/m0/s1. The zero-order chi connectivity index (χ0) is 16.9. The van der Waals surface area contributed by atoms with Crippen LogP contribution < -0.4 is 14.8 Å². The average molecular weight is 333 g/mol. The van der Waals surface area contributed by atoms with Crippen LogP contribution in [0.15, 0.2) is 18.2 Å². The van der Waals surface area contributed by atoms with Gasteiger partial charge in [0.05, 0.1) is 25.4 Å². The first-order valence-corrected chi connectivity index (χ1v) is 8.94. The molecule has 1 aromatic rings. The van der Waals surface area contributed by atoms with Crippen LogP contribution in [0.25, 0.3) is 0 Å². The Kier molecular flexibility index (Phi) is 5.61. The van der Waals surface area contributed by atoms with E-state index >= 15 is 0 Å². The smallest absolute Gasteiger partial charge is 0.251 e. The van der Waals surface area contributed by atoms with Crippen LogP contribution in [0.1, 0.15) is 55.8 Å². The van der Waals surface area contributed by atoms with Crippen molar-refractivity contribution in [1.82, 2.24) is 5.32 Å². The Labute approximate surface area is 143 Å². The van der Waals surface area contributed by atoms with E-state index in [1.165, 1.54) is 12.8 Å². The number of benzene rings is 1. The van der Waals surface area contributed by atoms with Crippen LogP contribution in [0.3, 0.4) is 0 Å². The molecule has 5 heteroatoms. The molecular formula is C19H27NO4. The monoisotopic (exact) mass is 333 g/mol. The maximum absolute atomic E-state index is 12.5. The highest BCUT2D eigenvalue weighted by atomic mass is 16.5. The van der Waals surface area contributed by atoms with Gasteiger partial charge in [-0.25, -0.2) is 0 Å². The maximum Gasteiger partial charge on any atom is 0.251 e. The van der Waals surface area contributed by atoms with Crippen molar-refractivity contribution in [1.29, 1.82) is 0 Å². The highest BCUT2D eigenvalue weighted by Crippen LogP contribution is 2.32. The summed E-state index contributed by atoms with van der Waals surface area (Å²) in [5.74, 6) is 1.22. The van der Waals surface area contributed by atoms with Crippen molar-refractivity contribution in [3.63, 3.8) is 0 Å². The van der Waals surface area contributed by atoms with E-state index in [0.717, 1.165) is 32.3 Å². The summed E-state index contributed by atoms with van der Waals surface area (Å²) in [6, 6.07) is 5.38. The molecule has 1 saturated carbocycles. The molecule has 1 heterocycles. The molecule has 132 valence electrons. The summed E-state index contributed by atoms with van der Waals surface area (Å²) in [7, 11) is 1.60. The quantitative estimate of drug-likeness (QED) is 0.868. The second kappa shape index (κ2) is 7.88. The van der Waals surface area contributed by atoms with Gasteiger partial charge in [-0.3, -0.25) is 4.79 Å². The highest BCUT2D eigenvalue weighted by molar-refractivity contribution is 5.95. The molecule has 2 fully saturated rings. The number of carbonyl (C=O) groups excluding carboxylic acids is 1. The van der Waals surface area contributed by atoms with Crippen molar-refractivity contribution in [2.75, 3.05) is 13.7 Å². The van der Waals surface area contributed by atoms with Crippen molar-refractivity contribution < 1.29 is 19.0 Å². The van der Waals surface area contributed by atoms with Crippen molar-refractivity contribution in [3.8, 4) is 11.5 Å². The van der Waals surface area contributed by atoms with Crippen LogP contribution in [-0.2, 0) is 4.74 Å². The number of hydrogen-bond donors (Lipinski definition) is 1. The van der Waals surface area contributed by atoms with Gasteiger partial charge >= 0.3 is 0 Å². The molecule has 5 nitrogen and oxygen atoms in total. The Morgan fingerprint density at radius 1 is 1.21 bits per heavy atom. The van der Waals surface area contributed by atoms with E-state index in [1.54, 1.807) is 19.2 Å². The van der Waals surface area contributed by atoms with Gasteiger partial charge in [-0.05, 0) is 63.6 Å². The third-order valence-corrected chi connectivity index (χ3v) is 4.90. The van der Waals surface area contributed by atoms with E-state index in [9.17, 15) is 4.79 Å². The number of rotatable bonds is 6. The molecule has 2 aliphatic rings. The molecule has 1 aliphatic heterocycles. The topological polar surface area (TPSA) is 56.8 Å². The number of hydrogen-bond acceptors (Lipinski definition) is 4. The number of amides is 1. The zero-order valence-corrected chi connectivity index (χ0v) is 14.5. The first kappa shape index (κ1) is 17.1. The van der Waals surface area contributed by atoms with E-state index in [-0.39, 0.29) is 24.2 Å². The number of carbonyl (C=O) groups is 1. The molecule has 0 spiro atoms. The molecule has 1 N–H and O–H groups in total. The molecule has 0 bridgehead atoms. The van der Waals surface area contributed by atoms with Crippen LogP contribution in [0.5, 0.6) is 11.5 Å². The lowest BCUT2D eigenvalue weighted by Gasteiger charge is -2.20. The van der Waals surface area contributed by atoms with E-state index in [1.807, 2.05) is 13.0 Å². The van der Waals surface area contributed by atoms with Crippen LogP contribution in [0.4, 0.5) is 0 Å². The Morgan fingerprint density at radius 3 is 2.67 bits per heavy atom. The number of methoxy groups -OCH3 is 1. The fourth-order valence-electron chi connectivity index (χ4n) is 3.47. The average Bonchev–Trinajstić information content (AvgIpc) is 3.28. The number of ether oxygens (including phenoxy) is 3. The zero-order valence-electron chi connectivity index (χ0n) is 14.5. The molecule has 1 aromatic carbocycles. The van der Waals surface area contributed by atoms with Gasteiger partial charge in [0, 0.05) is 12.2 Å². The van der Waals surface area contributed by atoms with Gasteiger partial charge in [0.2, 0.25) is 0 Å². The van der Waals surface area contributed by atoms with Gasteiger partial charge < -0.3 is 19.5 Å². The van der Waals surface area contributed by atoms with Crippen molar-refractivity contribution in [3.05, 3.63) is 23.8 Å². The predicted octanol–water partition coefficient (Wildman–Crippen LogP) is 3.31. The lowest BCUT2D eigenvalue weighted by atomic mass is 10.1. The lowest BCUT2D eigenvalue weighted by Crippen LogP contribution is -2.40. The van der Waals surface area contributed by atoms with Gasteiger partial charge in [-0.2, -0.15) is 0 Å². The minimum Gasteiger partial charge on any atom is -0.493 e. The Hall–Kier alpha value is -1.75. The molecule has 24 heavy (non-hydrogen) atoms. The molecule has 0 aromatic heterocycles. The molecule has 1 aliphatic carbocycles. The Bertz CT molecular complexity index is 562. The molecule has 0 radical (unpaired) electrons. The third kappa shape index (κ3) is 4.01. The molecular weight excluding hydrogens is 306 g/mol. The summed E-state index contributed by atoms with van der Waals surface area (Å²) in [6.45, 7) is 2.77. The van der Waals surface area contributed by atoms with Gasteiger partial charge in [0.25, 0.3) is 5.91 Å². The van der Waals surface area contributed by atoms with Gasteiger partial charge in [0.1, 0.15) is 0 Å². The Balaban J connectivity index is 1.65. The molecule has 0 unspecified atom stereocenters. The lowest BCUT2D eigenvalue weighted by molar-refractivity contribution is 0.0712. The van der Waals surface area contributed by atoms with E-state index in [4.69, 9.17) is 14.2 Å². The SMILES string of the molecule is COc1cc(C(=O)N[C@@H](C)[C@@H]2CCCO2)ccc1OC1CCCC1. The summed E-state index contributed by atoms with van der Waals surface area (Å²) < 4.78 is 17.1. The van der Waals surface area contributed by atoms with Crippen LogP contribution in [-0.4, -0.2) is 37.9 Å². The second-order valence-electron chi connectivity index (χ2n) is 6.70. The van der Waals surface area contributed by atoms with Crippen LogP contribution >= 0.6 is 0 Å². The normalized spacial score (nSPS) is 22.3. The molecule has 1 saturated heterocycles. The predicted molar refractivity (Wildman–Crippen MR) is 91.8 cm³/mol. The fraction of sp³-hybridized carbons (Fsp3) is 0.632. The van der Waals surface area contributed by atoms with Crippen LogP contribution in [0, 0.1) is 0 Å². The summed E-state index contributed by atoms with van der Waals surface area (Å²) in [6.07, 6.45) is 7.04. The molecule has 1 amide bonds. The molecule has 2 atom stereocenters. The first-order chi connectivity index (χ1) is 11.7. The first-order valence-electron chi connectivity index (χ1n) is 8.94. The fourth-order valence-corrected chi connectivity index (χ4v) is 3.47. The van der Waals surface area contributed by atoms with Crippen molar-refractivity contribution in [2.45, 2.75) is 63.7 Å².